The summed E-state index contributed by atoms with van der Waals surface area (Å²) in [6.07, 6.45) is -2.28. The first-order valence-corrected chi connectivity index (χ1v) is 10.7. The number of rotatable bonds is 8. The SMILES string of the molecule is CCCc1c(OCCCN2c3ccc(CC#N)cc3NN2C)ccc2c(C(F)(F)F)noc12. The van der Waals surface area contributed by atoms with E-state index in [0.29, 0.717) is 43.7 Å². The van der Waals surface area contributed by atoms with Crippen LogP contribution in [0.2, 0.25) is 0 Å². The Morgan fingerprint density at radius 3 is 2.79 bits per heavy atom. The third kappa shape index (κ3) is 4.54. The quantitative estimate of drug-likeness (QED) is 0.456. The second kappa shape index (κ2) is 9.19. The van der Waals surface area contributed by atoms with Crippen molar-refractivity contribution in [2.24, 2.45) is 0 Å². The highest BCUT2D eigenvalue weighted by Crippen LogP contribution is 2.38. The van der Waals surface area contributed by atoms with Crippen molar-refractivity contribution < 1.29 is 22.4 Å². The van der Waals surface area contributed by atoms with Gasteiger partial charge in [0.15, 0.2) is 11.3 Å². The lowest BCUT2D eigenvalue weighted by Gasteiger charge is -2.25. The molecule has 33 heavy (non-hydrogen) atoms. The van der Waals surface area contributed by atoms with Crippen molar-refractivity contribution in [1.29, 1.82) is 5.26 Å². The molecule has 0 radical (unpaired) electrons. The molecule has 0 fully saturated rings. The lowest BCUT2D eigenvalue weighted by Crippen LogP contribution is -2.39. The zero-order valence-corrected chi connectivity index (χ0v) is 18.4. The van der Waals surface area contributed by atoms with E-state index in [9.17, 15) is 13.2 Å². The molecule has 4 rings (SSSR count). The summed E-state index contributed by atoms with van der Waals surface area (Å²) in [5, 5.41) is 16.0. The molecule has 1 aliphatic rings. The van der Waals surface area contributed by atoms with Crippen LogP contribution >= 0.6 is 0 Å². The van der Waals surface area contributed by atoms with E-state index in [1.54, 1.807) is 6.07 Å². The molecular formula is C23H24F3N5O2. The first kappa shape index (κ1) is 22.7. The van der Waals surface area contributed by atoms with Crippen molar-refractivity contribution in [1.82, 2.24) is 10.3 Å². The number of hydrogen-bond donors (Lipinski definition) is 1. The van der Waals surface area contributed by atoms with E-state index >= 15 is 0 Å². The number of aromatic nitrogens is 1. The van der Waals surface area contributed by atoms with E-state index < -0.39 is 11.9 Å². The van der Waals surface area contributed by atoms with Gasteiger partial charge < -0.3 is 9.26 Å². The zero-order valence-electron chi connectivity index (χ0n) is 18.4. The van der Waals surface area contributed by atoms with E-state index in [-0.39, 0.29) is 11.0 Å². The van der Waals surface area contributed by atoms with Crippen LogP contribution in [-0.4, -0.2) is 30.5 Å². The molecule has 1 aliphatic heterocycles. The van der Waals surface area contributed by atoms with Crippen LogP contribution in [0.4, 0.5) is 24.5 Å². The van der Waals surface area contributed by atoms with Crippen LogP contribution in [-0.2, 0) is 19.0 Å². The summed E-state index contributed by atoms with van der Waals surface area (Å²) in [5.41, 5.74) is 5.88. The van der Waals surface area contributed by atoms with Crippen molar-refractivity contribution >= 4 is 22.3 Å². The first-order valence-electron chi connectivity index (χ1n) is 10.7. The van der Waals surface area contributed by atoms with E-state index in [1.165, 1.54) is 6.07 Å². The van der Waals surface area contributed by atoms with Crippen LogP contribution in [0.3, 0.4) is 0 Å². The summed E-state index contributed by atoms with van der Waals surface area (Å²) in [5.74, 6) is 0.517. The fraction of sp³-hybridized carbons (Fsp3) is 0.391. The number of nitriles is 1. The van der Waals surface area contributed by atoms with Crippen LogP contribution in [0.25, 0.3) is 11.0 Å². The Morgan fingerprint density at radius 1 is 1.24 bits per heavy atom. The topological polar surface area (TPSA) is 77.6 Å². The maximum Gasteiger partial charge on any atom is 0.437 e. The van der Waals surface area contributed by atoms with Gasteiger partial charge in [-0.25, -0.2) is 0 Å². The highest BCUT2D eigenvalue weighted by atomic mass is 19.4. The maximum atomic E-state index is 13.2. The zero-order chi connectivity index (χ0) is 23.6. The van der Waals surface area contributed by atoms with Gasteiger partial charge in [0.05, 0.1) is 35.9 Å². The van der Waals surface area contributed by atoms with Crippen molar-refractivity contribution in [2.75, 3.05) is 30.6 Å². The van der Waals surface area contributed by atoms with Crippen LogP contribution in [0.1, 0.15) is 36.6 Å². The highest BCUT2D eigenvalue weighted by molar-refractivity contribution is 5.85. The summed E-state index contributed by atoms with van der Waals surface area (Å²) in [7, 11) is 1.90. The van der Waals surface area contributed by atoms with Crippen LogP contribution in [0, 0.1) is 11.3 Å². The second-order valence-electron chi connectivity index (χ2n) is 7.84. The van der Waals surface area contributed by atoms with E-state index in [2.05, 4.69) is 21.7 Å². The van der Waals surface area contributed by atoms with Gasteiger partial charge in [-0.3, -0.25) is 10.4 Å². The molecule has 3 aromatic rings. The van der Waals surface area contributed by atoms with Crippen molar-refractivity contribution in [2.45, 2.75) is 38.8 Å². The number of fused-ring (bicyclic) bond motifs is 2. The fourth-order valence-electron chi connectivity index (χ4n) is 4.03. The van der Waals surface area contributed by atoms with Gasteiger partial charge in [-0.15, -0.1) is 5.12 Å². The summed E-state index contributed by atoms with van der Waals surface area (Å²) >= 11 is 0. The molecule has 2 aromatic carbocycles. The van der Waals surface area contributed by atoms with Gasteiger partial charge in [-0.1, -0.05) is 24.6 Å². The second-order valence-corrected chi connectivity index (χ2v) is 7.84. The maximum absolute atomic E-state index is 13.2. The van der Waals surface area contributed by atoms with Gasteiger partial charge in [0, 0.05) is 25.6 Å². The number of benzene rings is 2. The van der Waals surface area contributed by atoms with Gasteiger partial charge in [-0.05, 0) is 36.2 Å². The number of alkyl halides is 3. The average Bonchev–Trinajstić information content (AvgIpc) is 3.33. The third-order valence-electron chi connectivity index (χ3n) is 5.51. The predicted molar refractivity (Wildman–Crippen MR) is 118 cm³/mol. The highest BCUT2D eigenvalue weighted by Gasteiger charge is 2.37. The lowest BCUT2D eigenvalue weighted by atomic mass is 10.0. The summed E-state index contributed by atoms with van der Waals surface area (Å²) in [6, 6.07) is 11.0. The number of hydrogen-bond acceptors (Lipinski definition) is 7. The van der Waals surface area contributed by atoms with E-state index in [4.69, 9.17) is 14.5 Å². The van der Waals surface area contributed by atoms with Crippen LogP contribution < -0.4 is 15.2 Å². The Balaban J connectivity index is 1.44. The molecule has 0 saturated heterocycles. The molecule has 174 valence electrons. The predicted octanol–water partition coefficient (Wildman–Crippen LogP) is 5.33. The smallest absolute Gasteiger partial charge is 0.437 e. The molecule has 1 N–H and O–H groups in total. The van der Waals surface area contributed by atoms with E-state index in [0.717, 1.165) is 23.4 Å². The molecule has 0 spiro atoms. The molecule has 0 saturated carbocycles. The number of hydrazine groups is 2. The van der Waals surface area contributed by atoms with Gasteiger partial charge in [0.25, 0.3) is 0 Å². The molecule has 10 heteroatoms. The minimum absolute atomic E-state index is 0.0459. The number of ether oxygens (including phenoxy) is 1. The molecule has 0 bridgehead atoms. The molecule has 0 aliphatic carbocycles. The van der Waals surface area contributed by atoms with Crippen LogP contribution in [0.15, 0.2) is 34.9 Å². The Labute approximate surface area is 189 Å². The molecular weight excluding hydrogens is 435 g/mol. The summed E-state index contributed by atoms with van der Waals surface area (Å²) in [4.78, 5) is 0. The summed E-state index contributed by atoms with van der Waals surface area (Å²) in [6.45, 7) is 2.99. The minimum atomic E-state index is -4.57. The number of halogens is 3. The molecule has 0 amide bonds. The Bertz CT molecular complexity index is 1190. The number of nitrogens with zero attached hydrogens (tertiary/aromatic N) is 4. The first-order chi connectivity index (χ1) is 15.8. The molecule has 1 aromatic heterocycles. The molecule has 0 atom stereocenters. The molecule has 2 heterocycles. The third-order valence-corrected chi connectivity index (χ3v) is 5.51. The van der Waals surface area contributed by atoms with E-state index in [1.807, 2.05) is 37.3 Å². The Kier molecular flexibility index (Phi) is 6.33. The van der Waals surface area contributed by atoms with Crippen molar-refractivity contribution in [3.05, 3.63) is 47.2 Å². The van der Waals surface area contributed by atoms with Crippen molar-refractivity contribution in [3.63, 3.8) is 0 Å². The number of aryl methyl sites for hydroxylation is 1. The minimum Gasteiger partial charge on any atom is -0.493 e. The van der Waals surface area contributed by atoms with Gasteiger partial charge in [-0.2, -0.15) is 18.4 Å². The van der Waals surface area contributed by atoms with Gasteiger partial charge in [0.2, 0.25) is 0 Å². The standard InChI is InChI=1S/C23H24F3N5O2/c1-3-5-16-20(9-7-17-21(16)33-29-22(17)23(24,25)26)32-13-4-12-31-19-8-6-15(10-11-27)14-18(19)28-30(31)2/h6-9,14,28H,3-5,10,12-13H2,1-2H3. The average molecular weight is 459 g/mol. The monoisotopic (exact) mass is 459 g/mol. The number of anilines is 2. The van der Waals surface area contributed by atoms with Crippen molar-refractivity contribution in [3.8, 4) is 11.8 Å². The van der Waals surface area contributed by atoms with Gasteiger partial charge >= 0.3 is 6.18 Å². The Hall–Kier alpha value is -3.45. The van der Waals surface area contributed by atoms with Crippen LogP contribution in [0.5, 0.6) is 5.75 Å². The summed E-state index contributed by atoms with van der Waals surface area (Å²) < 4.78 is 50.6. The largest absolute Gasteiger partial charge is 0.493 e. The van der Waals surface area contributed by atoms with Gasteiger partial charge in [0.1, 0.15) is 5.75 Å². The number of nitrogens with one attached hydrogen (secondary N) is 1. The molecule has 0 unspecified atom stereocenters. The fourth-order valence-corrected chi connectivity index (χ4v) is 4.03. The Morgan fingerprint density at radius 2 is 2.06 bits per heavy atom. The lowest BCUT2D eigenvalue weighted by molar-refractivity contribution is -0.141. The molecule has 7 nitrogen and oxygen atoms in total. The normalized spacial score (nSPS) is 13.8.